The summed E-state index contributed by atoms with van der Waals surface area (Å²) in [7, 11) is 0. The van der Waals surface area contributed by atoms with Crippen molar-refractivity contribution in [2.45, 2.75) is 0 Å². The highest BCUT2D eigenvalue weighted by atomic mass is 15.2. The molecule has 0 aliphatic rings. The first-order valence-corrected chi connectivity index (χ1v) is 31.8. The minimum atomic E-state index is 0.514. The molecule has 0 radical (unpaired) electrons. The van der Waals surface area contributed by atoms with Crippen molar-refractivity contribution in [3.8, 4) is 101 Å². The van der Waals surface area contributed by atoms with Crippen LogP contribution in [0.4, 0.5) is 34.1 Å². The Morgan fingerprint density at radius 2 is 0.415 bits per heavy atom. The van der Waals surface area contributed by atoms with Crippen molar-refractivity contribution in [3.63, 3.8) is 0 Å². The topological polar surface area (TPSA) is 54.1 Å². The van der Waals surface area contributed by atoms with Crippen molar-refractivity contribution in [2.75, 3.05) is 9.80 Å². The minimum Gasteiger partial charge on any atom is -0.308 e. The van der Waals surface area contributed by atoms with Crippen LogP contribution in [0.25, 0.3) is 121 Å². The highest BCUT2D eigenvalue weighted by Gasteiger charge is 2.30. The Balaban J connectivity index is 0.963. The third-order valence-corrected chi connectivity index (χ3v) is 18.3. The van der Waals surface area contributed by atoms with Crippen molar-refractivity contribution in [1.29, 1.82) is 10.5 Å². The van der Waals surface area contributed by atoms with Crippen molar-refractivity contribution in [3.05, 3.63) is 363 Å². The van der Waals surface area contributed by atoms with Crippen LogP contribution in [0.15, 0.2) is 352 Å². The Morgan fingerprint density at radius 1 is 0.191 bits per heavy atom. The molecule has 0 amide bonds. The number of nitrogens with zero attached hydrogens (tertiary/aromatic N) is 4. The molecule has 0 N–H and O–H groups in total. The second kappa shape index (κ2) is 24.5. The van der Waals surface area contributed by atoms with Gasteiger partial charge in [-0.15, -0.1) is 0 Å². The van der Waals surface area contributed by atoms with Gasteiger partial charge in [-0.2, -0.15) is 10.5 Å². The van der Waals surface area contributed by atoms with Crippen LogP contribution in [0.5, 0.6) is 0 Å². The molecule has 0 unspecified atom stereocenters. The number of anilines is 6. The fourth-order valence-corrected chi connectivity index (χ4v) is 13.8. The zero-order valence-electron chi connectivity index (χ0n) is 51.3. The number of hydrogen-bond donors (Lipinski definition) is 0. The van der Waals surface area contributed by atoms with Gasteiger partial charge < -0.3 is 9.80 Å². The molecule has 94 heavy (non-hydrogen) atoms. The van der Waals surface area contributed by atoms with E-state index in [1.54, 1.807) is 0 Å². The quantitative estimate of drug-likeness (QED) is 0.102. The normalized spacial score (nSPS) is 11.2. The summed E-state index contributed by atoms with van der Waals surface area (Å²) in [5, 5.41) is 29.5. The van der Waals surface area contributed by atoms with Crippen LogP contribution in [0.2, 0.25) is 0 Å². The van der Waals surface area contributed by atoms with Gasteiger partial charge in [-0.05, 0) is 149 Å². The Kier molecular flexibility index (Phi) is 14.7. The zero-order valence-corrected chi connectivity index (χ0v) is 51.3. The standard InChI is InChI=1S/C90H58N4/c91-59-81-75-47-42-74-58-88(94(85-51-45-71(63-29-13-3-14-30-63)55-79(85)67-37-21-7-22-38-67)86-52-46-72(64-31-15-4-16-32-64)56-80(86)68-39-23-8-24-40-68)82(60-92)76-48-41-73(89(75)90(74)76)57-87(81)93(83-49-43-69(61-25-9-1-10-26-61)53-77(83)65-33-17-5-18-34-65)84-50-44-70(62-27-11-2-12-28-62)54-78(84)66-35-19-6-20-36-66/h1-58H. The summed E-state index contributed by atoms with van der Waals surface area (Å²) in [5.41, 5.74) is 23.1. The van der Waals surface area contributed by atoms with Crippen molar-refractivity contribution in [2.24, 2.45) is 0 Å². The molecule has 16 rings (SSSR count). The summed E-state index contributed by atoms with van der Waals surface area (Å²) in [6, 6.07) is 130. The molecule has 0 saturated heterocycles. The molecule has 0 aliphatic heterocycles. The molecular weight excluding hydrogens is 1140 g/mol. The van der Waals surface area contributed by atoms with E-state index in [1.807, 2.05) is 24.3 Å². The zero-order chi connectivity index (χ0) is 62.9. The van der Waals surface area contributed by atoms with E-state index >= 15 is 0 Å². The summed E-state index contributed by atoms with van der Waals surface area (Å²) in [6.45, 7) is 0. The highest BCUT2D eigenvalue weighted by Crippen LogP contribution is 2.54. The van der Waals surface area contributed by atoms with Crippen LogP contribution in [0.1, 0.15) is 11.1 Å². The number of hydrogen-bond acceptors (Lipinski definition) is 4. The summed E-state index contributed by atoms with van der Waals surface area (Å²) in [4.78, 5) is 4.64. The van der Waals surface area contributed by atoms with Crippen molar-refractivity contribution in [1.82, 2.24) is 0 Å². The van der Waals surface area contributed by atoms with Gasteiger partial charge in [0.2, 0.25) is 0 Å². The number of nitriles is 2. The largest absolute Gasteiger partial charge is 0.308 e. The van der Waals surface area contributed by atoms with Gasteiger partial charge in [0.25, 0.3) is 0 Å². The molecule has 0 saturated carbocycles. The van der Waals surface area contributed by atoms with Crippen molar-refractivity contribution >= 4 is 66.4 Å². The Labute approximate surface area is 547 Å². The molecule has 16 aromatic rings. The predicted molar refractivity (Wildman–Crippen MR) is 392 cm³/mol. The van der Waals surface area contributed by atoms with Crippen LogP contribution in [0.3, 0.4) is 0 Å². The molecule has 0 bridgehead atoms. The third kappa shape index (κ3) is 10.2. The fourth-order valence-electron chi connectivity index (χ4n) is 13.8. The van der Waals surface area contributed by atoms with Gasteiger partial charge in [0, 0.05) is 33.0 Å². The van der Waals surface area contributed by atoms with E-state index in [0.717, 1.165) is 155 Å². The van der Waals surface area contributed by atoms with Crippen LogP contribution >= 0.6 is 0 Å². The van der Waals surface area contributed by atoms with Crippen LogP contribution in [-0.2, 0) is 0 Å². The van der Waals surface area contributed by atoms with E-state index in [0.29, 0.717) is 11.1 Å². The van der Waals surface area contributed by atoms with E-state index in [1.165, 1.54) is 0 Å². The summed E-state index contributed by atoms with van der Waals surface area (Å²) in [6.07, 6.45) is 0. The summed E-state index contributed by atoms with van der Waals surface area (Å²) in [5.74, 6) is 0. The van der Waals surface area contributed by atoms with Crippen LogP contribution < -0.4 is 9.80 Å². The molecule has 0 aromatic heterocycles. The molecule has 438 valence electrons. The maximum Gasteiger partial charge on any atom is 0.102 e. The first-order chi connectivity index (χ1) is 46.6. The SMILES string of the molecule is N#Cc1c(N(c2ccc(-c3ccccc3)cc2-c2ccccc2)c2ccc(-c3ccccc3)cc2-c2ccccc2)cc2ccc3c(C#N)c(N(c4ccc(-c5ccccc5)cc4-c4ccccc4)c4ccc(-c5ccccc5)cc4-c4ccccc4)cc4ccc1c2c43. The second-order valence-electron chi connectivity index (χ2n) is 23.7. The van der Waals surface area contributed by atoms with Gasteiger partial charge in [0.1, 0.15) is 12.1 Å². The second-order valence-corrected chi connectivity index (χ2v) is 23.7. The molecule has 0 heterocycles. The molecule has 0 aliphatic carbocycles. The van der Waals surface area contributed by atoms with Gasteiger partial charge >= 0.3 is 0 Å². The van der Waals surface area contributed by atoms with Crippen molar-refractivity contribution < 1.29 is 0 Å². The average Bonchev–Trinajstić information content (AvgIpc) is 0.715. The smallest absolute Gasteiger partial charge is 0.102 e. The Morgan fingerprint density at radius 3 is 0.638 bits per heavy atom. The molecule has 4 nitrogen and oxygen atoms in total. The maximum atomic E-state index is 12.1. The first-order valence-electron chi connectivity index (χ1n) is 31.8. The monoisotopic (exact) mass is 1190 g/mol. The molecule has 0 spiro atoms. The molecular formula is C90H58N4. The van der Waals surface area contributed by atoms with Gasteiger partial charge in [0.05, 0.1) is 45.3 Å². The van der Waals surface area contributed by atoms with E-state index in [9.17, 15) is 10.5 Å². The lowest BCUT2D eigenvalue weighted by molar-refractivity contribution is 1.28. The fraction of sp³-hybridized carbons (Fsp3) is 0. The van der Waals surface area contributed by atoms with E-state index < -0.39 is 0 Å². The molecule has 4 heteroatoms. The Bertz CT molecular complexity index is 4930. The van der Waals surface area contributed by atoms with Crippen LogP contribution in [-0.4, -0.2) is 0 Å². The lowest BCUT2D eigenvalue weighted by Crippen LogP contribution is -2.15. The molecule has 0 fully saturated rings. The Hall–Kier alpha value is -12.9. The molecule has 0 atom stereocenters. The van der Waals surface area contributed by atoms with Crippen LogP contribution in [0, 0.1) is 22.7 Å². The van der Waals surface area contributed by atoms with Gasteiger partial charge in [-0.1, -0.05) is 291 Å². The lowest BCUT2D eigenvalue weighted by Gasteiger charge is -2.33. The van der Waals surface area contributed by atoms with E-state index in [2.05, 4.69) is 350 Å². The minimum absolute atomic E-state index is 0.514. The summed E-state index contributed by atoms with van der Waals surface area (Å²) >= 11 is 0. The van der Waals surface area contributed by atoms with E-state index in [-0.39, 0.29) is 0 Å². The van der Waals surface area contributed by atoms with Gasteiger partial charge in [0.15, 0.2) is 0 Å². The lowest BCUT2D eigenvalue weighted by atomic mass is 9.87. The highest BCUT2D eigenvalue weighted by molar-refractivity contribution is 6.27. The van der Waals surface area contributed by atoms with Gasteiger partial charge in [-0.25, -0.2) is 0 Å². The first kappa shape index (κ1) is 56.4. The average molecular weight is 1200 g/mol. The van der Waals surface area contributed by atoms with Gasteiger partial charge in [-0.3, -0.25) is 0 Å². The molecule has 16 aromatic carbocycles. The maximum absolute atomic E-state index is 12.1. The third-order valence-electron chi connectivity index (χ3n) is 18.3. The number of rotatable bonds is 14. The predicted octanol–water partition coefficient (Wildman–Crippen LogP) is 24.6. The van der Waals surface area contributed by atoms with E-state index in [4.69, 9.17) is 0 Å². The number of benzene rings is 16. The summed E-state index contributed by atoms with van der Waals surface area (Å²) < 4.78 is 0.